The molecule has 0 aliphatic rings. The number of halogens is 1. The standard InChI is InChI=1S/C27H26ClN3O7/c1-38-20-8-5-16(6-9-20)12-24(33)29-15-23(27(36)37)31-26(35)21-10-7-18(13-22(21)28)25(34)30-14-17-3-2-4-19(32)11-17/h2-11,13,23,32H,12,14-15H2,1H3,(H,29,33)(H,30,34)(H,31,35)(H,36,37)/t23-/m0/s1. The molecule has 10 nitrogen and oxygen atoms in total. The van der Waals surface area contributed by atoms with E-state index < -0.39 is 29.7 Å². The van der Waals surface area contributed by atoms with Crippen LogP contribution in [0.3, 0.4) is 0 Å². The SMILES string of the molecule is COc1ccc(CC(=O)NC[C@H](NC(=O)c2ccc(C(=O)NCc3cccc(O)c3)cc2Cl)C(=O)O)cc1. The Bertz CT molecular complexity index is 1330. The maximum absolute atomic E-state index is 12.7. The number of phenols is 1. The monoisotopic (exact) mass is 539 g/mol. The number of carbonyl (C=O) groups is 4. The number of benzene rings is 3. The molecule has 0 aromatic heterocycles. The summed E-state index contributed by atoms with van der Waals surface area (Å²) in [6.45, 7) is -0.180. The van der Waals surface area contributed by atoms with Crippen molar-refractivity contribution in [2.75, 3.05) is 13.7 Å². The van der Waals surface area contributed by atoms with Gasteiger partial charge in [-0.3, -0.25) is 14.4 Å². The highest BCUT2D eigenvalue weighted by molar-refractivity contribution is 6.34. The van der Waals surface area contributed by atoms with Crippen molar-refractivity contribution in [3.05, 3.63) is 94.0 Å². The highest BCUT2D eigenvalue weighted by Gasteiger charge is 2.23. The second kappa shape index (κ2) is 13.1. The average Bonchev–Trinajstić information content (AvgIpc) is 2.89. The van der Waals surface area contributed by atoms with Gasteiger partial charge in [-0.2, -0.15) is 0 Å². The lowest BCUT2D eigenvalue weighted by atomic mass is 10.1. The van der Waals surface area contributed by atoms with Crippen LogP contribution in [0, 0.1) is 0 Å². The number of hydrogen-bond acceptors (Lipinski definition) is 6. The van der Waals surface area contributed by atoms with Gasteiger partial charge in [-0.1, -0.05) is 35.9 Å². The zero-order valence-corrected chi connectivity index (χ0v) is 21.1. The molecule has 3 aromatic rings. The van der Waals surface area contributed by atoms with Crippen LogP contribution >= 0.6 is 11.6 Å². The van der Waals surface area contributed by atoms with E-state index in [1.165, 1.54) is 37.4 Å². The molecule has 38 heavy (non-hydrogen) atoms. The summed E-state index contributed by atoms with van der Waals surface area (Å²) in [6.07, 6.45) is 0.0189. The van der Waals surface area contributed by atoms with Gasteiger partial charge in [-0.05, 0) is 53.6 Å². The van der Waals surface area contributed by atoms with Crippen molar-refractivity contribution >= 4 is 35.3 Å². The summed E-state index contributed by atoms with van der Waals surface area (Å²) in [4.78, 5) is 49.1. The molecule has 0 bridgehead atoms. The van der Waals surface area contributed by atoms with Gasteiger partial charge in [0.2, 0.25) is 5.91 Å². The number of aliphatic carboxylic acids is 1. The zero-order chi connectivity index (χ0) is 27.7. The number of phenolic OH excluding ortho intramolecular Hbond substituents is 1. The summed E-state index contributed by atoms with van der Waals surface area (Å²) in [5, 5.41) is 26.5. The summed E-state index contributed by atoms with van der Waals surface area (Å²) in [7, 11) is 1.53. The van der Waals surface area contributed by atoms with Crippen molar-refractivity contribution in [2.24, 2.45) is 0 Å². The van der Waals surface area contributed by atoms with E-state index in [0.717, 1.165) is 0 Å². The van der Waals surface area contributed by atoms with E-state index in [2.05, 4.69) is 16.0 Å². The lowest BCUT2D eigenvalue weighted by Crippen LogP contribution is -2.48. The fraction of sp³-hybridized carbons (Fsp3) is 0.185. The van der Waals surface area contributed by atoms with Crippen molar-refractivity contribution in [1.82, 2.24) is 16.0 Å². The molecule has 0 heterocycles. The molecule has 3 rings (SSSR count). The number of carboxylic acids is 1. The fourth-order valence-corrected chi connectivity index (χ4v) is 3.70. The molecule has 11 heteroatoms. The van der Waals surface area contributed by atoms with Crippen molar-refractivity contribution in [3.8, 4) is 11.5 Å². The third kappa shape index (κ3) is 7.97. The van der Waals surface area contributed by atoms with Gasteiger partial charge in [0.25, 0.3) is 11.8 Å². The third-order valence-electron chi connectivity index (χ3n) is 5.47. The second-order valence-electron chi connectivity index (χ2n) is 8.24. The van der Waals surface area contributed by atoms with Crippen LogP contribution in [0.25, 0.3) is 0 Å². The number of hydrogen-bond donors (Lipinski definition) is 5. The molecule has 3 aromatic carbocycles. The zero-order valence-electron chi connectivity index (χ0n) is 20.4. The molecule has 0 unspecified atom stereocenters. The largest absolute Gasteiger partial charge is 0.508 e. The van der Waals surface area contributed by atoms with Crippen LogP contribution in [-0.4, -0.2) is 53.6 Å². The van der Waals surface area contributed by atoms with Gasteiger partial charge in [-0.25, -0.2) is 4.79 Å². The Balaban J connectivity index is 1.56. The number of nitrogens with one attached hydrogen (secondary N) is 3. The van der Waals surface area contributed by atoms with Crippen molar-refractivity contribution in [1.29, 1.82) is 0 Å². The smallest absolute Gasteiger partial charge is 0.328 e. The second-order valence-corrected chi connectivity index (χ2v) is 8.65. The van der Waals surface area contributed by atoms with Crippen molar-refractivity contribution in [2.45, 2.75) is 19.0 Å². The fourth-order valence-electron chi connectivity index (χ4n) is 3.43. The van der Waals surface area contributed by atoms with Crippen LogP contribution in [0.5, 0.6) is 11.5 Å². The first kappa shape index (κ1) is 28.0. The van der Waals surface area contributed by atoms with Gasteiger partial charge in [0.05, 0.1) is 24.1 Å². The minimum atomic E-state index is -1.41. The molecule has 0 radical (unpaired) electrons. The van der Waals surface area contributed by atoms with Gasteiger partial charge in [0, 0.05) is 18.7 Å². The molecule has 0 saturated heterocycles. The summed E-state index contributed by atoms with van der Waals surface area (Å²) in [5.74, 6) is -2.28. The minimum Gasteiger partial charge on any atom is -0.508 e. The first-order valence-electron chi connectivity index (χ1n) is 11.4. The molecule has 3 amide bonds. The lowest BCUT2D eigenvalue weighted by Gasteiger charge is -2.16. The molecular weight excluding hydrogens is 514 g/mol. The van der Waals surface area contributed by atoms with E-state index in [9.17, 15) is 29.4 Å². The van der Waals surface area contributed by atoms with Gasteiger partial charge in [-0.15, -0.1) is 0 Å². The normalized spacial score (nSPS) is 11.2. The van der Waals surface area contributed by atoms with Gasteiger partial charge in [0.1, 0.15) is 17.5 Å². The van der Waals surface area contributed by atoms with Crippen LogP contribution in [0.4, 0.5) is 0 Å². The van der Waals surface area contributed by atoms with Crippen LogP contribution in [0.15, 0.2) is 66.7 Å². The maximum Gasteiger partial charge on any atom is 0.328 e. The van der Waals surface area contributed by atoms with E-state index in [-0.39, 0.29) is 41.4 Å². The van der Waals surface area contributed by atoms with Gasteiger partial charge >= 0.3 is 5.97 Å². The first-order valence-corrected chi connectivity index (χ1v) is 11.8. The molecule has 0 aliphatic carbocycles. The number of rotatable bonds is 11. The highest BCUT2D eigenvalue weighted by Crippen LogP contribution is 2.19. The molecule has 1 atom stereocenters. The van der Waals surface area contributed by atoms with Crippen LogP contribution in [0.2, 0.25) is 5.02 Å². The van der Waals surface area contributed by atoms with E-state index in [1.807, 2.05) is 0 Å². The number of carbonyl (C=O) groups excluding carboxylic acids is 3. The minimum absolute atomic E-state index is 0.0189. The Morgan fingerprint density at radius 1 is 0.921 bits per heavy atom. The molecule has 198 valence electrons. The Labute approximate surface area is 223 Å². The molecule has 5 N–H and O–H groups in total. The van der Waals surface area contributed by atoms with Crippen LogP contribution < -0.4 is 20.7 Å². The summed E-state index contributed by atoms with van der Waals surface area (Å²) in [5.41, 5.74) is 1.55. The Hall–Kier alpha value is -4.57. The van der Waals surface area contributed by atoms with E-state index in [4.69, 9.17) is 16.3 Å². The third-order valence-corrected chi connectivity index (χ3v) is 5.78. The van der Waals surface area contributed by atoms with Gasteiger partial charge < -0.3 is 30.9 Å². The number of aromatic hydroxyl groups is 1. The summed E-state index contributed by atoms with van der Waals surface area (Å²) in [6, 6.07) is 15.8. The quantitative estimate of drug-likeness (QED) is 0.251. The summed E-state index contributed by atoms with van der Waals surface area (Å²) < 4.78 is 5.07. The van der Waals surface area contributed by atoms with Crippen LogP contribution in [0.1, 0.15) is 31.8 Å². The Morgan fingerprint density at radius 2 is 1.66 bits per heavy atom. The topological polar surface area (TPSA) is 154 Å². The van der Waals surface area contributed by atoms with E-state index in [0.29, 0.717) is 16.9 Å². The van der Waals surface area contributed by atoms with Gasteiger partial charge in [0.15, 0.2) is 0 Å². The lowest BCUT2D eigenvalue weighted by molar-refractivity contribution is -0.139. The average molecular weight is 540 g/mol. The predicted octanol–water partition coefficient (Wildman–Crippen LogP) is 2.53. The first-order chi connectivity index (χ1) is 18.2. The van der Waals surface area contributed by atoms with E-state index in [1.54, 1.807) is 36.4 Å². The number of carboxylic acid groups (broad SMARTS) is 1. The summed E-state index contributed by atoms with van der Waals surface area (Å²) >= 11 is 6.21. The number of amides is 3. The number of methoxy groups -OCH3 is 1. The predicted molar refractivity (Wildman–Crippen MR) is 139 cm³/mol. The molecule has 0 spiro atoms. The molecular formula is C27H26ClN3O7. The van der Waals surface area contributed by atoms with Crippen molar-refractivity contribution < 1.29 is 34.1 Å². The maximum atomic E-state index is 12.7. The van der Waals surface area contributed by atoms with Crippen LogP contribution in [-0.2, 0) is 22.6 Å². The van der Waals surface area contributed by atoms with Crippen molar-refractivity contribution in [3.63, 3.8) is 0 Å². The molecule has 0 aliphatic heterocycles. The molecule has 0 saturated carbocycles. The Kier molecular flexibility index (Phi) is 9.66. The molecule has 0 fully saturated rings. The highest BCUT2D eigenvalue weighted by atomic mass is 35.5. The number of ether oxygens (including phenoxy) is 1. The van der Waals surface area contributed by atoms with E-state index >= 15 is 0 Å². The Morgan fingerprint density at radius 3 is 2.29 bits per heavy atom.